The van der Waals surface area contributed by atoms with E-state index in [4.69, 9.17) is 0 Å². The molecule has 10 heteroatoms. The highest BCUT2D eigenvalue weighted by molar-refractivity contribution is 7.92. The van der Waals surface area contributed by atoms with Crippen molar-refractivity contribution in [3.63, 3.8) is 0 Å². The zero-order chi connectivity index (χ0) is 25.8. The van der Waals surface area contributed by atoms with Crippen LogP contribution in [-0.4, -0.2) is 58.9 Å². The van der Waals surface area contributed by atoms with Crippen LogP contribution in [0.25, 0.3) is 0 Å². The van der Waals surface area contributed by atoms with Crippen LogP contribution in [0.2, 0.25) is 0 Å². The molecule has 4 aliphatic rings. The topological polar surface area (TPSA) is 104 Å². The van der Waals surface area contributed by atoms with Crippen LogP contribution in [-0.2, 0) is 24.8 Å². The Morgan fingerprint density at radius 3 is 2.17 bits per heavy atom. The third-order valence-electron chi connectivity index (χ3n) is 9.46. The molecule has 2 saturated carbocycles. The van der Waals surface area contributed by atoms with Crippen LogP contribution in [0, 0.1) is 16.7 Å². The molecule has 0 aromatic heterocycles. The number of rotatable bonds is 7. The van der Waals surface area contributed by atoms with Crippen molar-refractivity contribution in [2.24, 2.45) is 16.7 Å². The molecule has 1 N–H and O–H groups in total. The second kappa shape index (κ2) is 9.27. The number of carbonyl (C=O) groups excluding carboxylic acids is 1. The molecule has 2 aliphatic heterocycles. The van der Waals surface area contributed by atoms with E-state index >= 15 is 0 Å². The normalized spacial score (nSPS) is 29.0. The summed E-state index contributed by atoms with van der Waals surface area (Å²) in [6.07, 6.45) is 7.73. The van der Waals surface area contributed by atoms with Crippen molar-refractivity contribution in [3.8, 4) is 0 Å². The Hall–Kier alpha value is -1.65. The minimum atomic E-state index is -3.92. The third-order valence-corrected chi connectivity index (χ3v) is 12.8. The Labute approximate surface area is 215 Å². The summed E-state index contributed by atoms with van der Waals surface area (Å²) in [5, 5.41) is 0. The molecule has 8 nitrogen and oxygen atoms in total. The summed E-state index contributed by atoms with van der Waals surface area (Å²) in [7, 11) is -7.64. The maximum atomic E-state index is 13.6. The fourth-order valence-electron chi connectivity index (χ4n) is 7.06. The first-order valence-electron chi connectivity index (χ1n) is 13.4. The SMILES string of the molecule is CC1(C)[C@@H]2CC[C@@]1(CS(=O)(=O)Nc1cc(S(=O)(=O)N3CCCCC3)ccc1N1CCCCC1)C(=O)C2. The predicted molar refractivity (Wildman–Crippen MR) is 141 cm³/mol. The molecule has 2 atom stereocenters. The van der Waals surface area contributed by atoms with Gasteiger partial charge in [-0.25, -0.2) is 16.8 Å². The van der Waals surface area contributed by atoms with Crippen molar-refractivity contribution < 1.29 is 21.6 Å². The fraction of sp³-hybridized carbons (Fsp3) is 0.731. The van der Waals surface area contributed by atoms with Crippen molar-refractivity contribution in [3.05, 3.63) is 18.2 Å². The van der Waals surface area contributed by atoms with E-state index in [1.807, 2.05) is 13.8 Å². The number of benzene rings is 1. The molecule has 0 radical (unpaired) electrons. The van der Waals surface area contributed by atoms with Crippen molar-refractivity contribution >= 4 is 37.2 Å². The average molecular weight is 538 g/mol. The molecule has 2 heterocycles. The molecule has 2 saturated heterocycles. The number of hydrogen-bond acceptors (Lipinski definition) is 6. The van der Waals surface area contributed by atoms with Gasteiger partial charge in [-0.2, -0.15) is 4.31 Å². The van der Waals surface area contributed by atoms with Crippen molar-refractivity contribution in [2.75, 3.05) is 41.6 Å². The van der Waals surface area contributed by atoms with E-state index in [2.05, 4.69) is 9.62 Å². The molecule has 0 unspecified atom stereocenters. The first-order chi connectivity index (χ1) is 17.0. The molecule has 4 fully saturated rings. The van der Waals surface area contributed by atoms with Gasteiger partial charge >= 0.3 is 0 Å². The Morgan fingerprint density at radius 2 is 1.58 bits per heavy atom. The van der Waals surface area contributed by atoms with Gasteiger partial charge in [0.25, 0.3) is 0 Å². The van der Waals surface area contributed by atoms with Crippen molar-refractivity contribution in [1.82, 2.24) is 4.31 Å². The number of nitrogens with zero attached hydrogens (tertiary/aromatic N) is 2. The summed E-state index contributed by atoms with van der Waals surface area (Å²) in [5.74, 6) is 0.0131. The molecule has 2 aliphatic carbocycles. The number of piperidine rings is 2. The number of fused-ring (bicyclic) bond motifs is 2. The first kappa shape index (κ1) is 26.0. The van der Waals surface area contributed by atoms with Gasteiger partial charge in [0, 0.05) is 32.6 Å². The highest BCUT2D eigenvalue weighted by Gasteiger charge is 2.65. The molecule has 2 bridgehead atoms. The van der Waals surface area contributed by atoms with Gasteiger partial charge in [0.05, 0.1) is 27.4 Å². The quantitative estimate of drug-likeness (QED) is 0.564. The number of carbonyl (C=O) groups is 1. The van der Waals surface area contributed by atoms with Gasteiger partial charge in [-0.05, 0) is 74.5 Å². The highest BCUT2D eigenvalue weighted by atomic mass is 32.2. The molecule has 0 spiro atoms. The van der Waals surface area contributed by atoms with Gasteiger partial charge in [-0.1, -0.05) is 20.3 Å². The maximum absolute atomic E-state index is 13.6. The highest BCUT2D eigenvalue weighted by Crippen LogP contribution is 2.64. The van der Waals surface area contributed by atoms with Crippen LogP contribution in [0.15, 0.2) is 23.1 Å². The smallest absolute Gasteiger partial charge is 0.243 e. The minimum absolute atomic E-state index is 0.0480. The molecule has 36 heavy (non-hydrogen) atoms. The summed E-state index contributed by atoms with van der Waals surface area (Å²) in [6.45, 7) is 6.61. The van der Waals surface area contributed by atoms with Gasteiger partial charge in [0.1, 0.15) is 5.78 Å². The van der Waals surface area contributed by atoms with Gasteiger partial charge in [0.2, 0.25) is 20.0 Å². The lowest BCUT2D eigenvalue weighted by Crippen LogP contribution is -2.43. The summed E-state index contributed by atoms with van der Waals surface area (Å²) in [5.41, 5.74) is -0.251. The van der Waals surface area contributed by atoms with E-state index in [9.17, 15) is 21.6 Å². The first-order valence-corrected chi connectivity index (χ1v) is 16.5. The van der Waals surface area contributed by atoms with E-state index in [1.165, 1.54) is 10.4 Å². The van der Waals surface area contributed by atoms with Crippen molar-refractivity contribution in [2.45, 2.75) is 76.5 Å². The standard InChI is InChI=1S/C26H39N3O5S2/c1-25(2)20-11-12-26(25,24(30)17-20)19-35(31,32)27-22-18-21(36(33,34)29-15-7-4-8-16-29)9-10-23(22)28-13-5-3-6-14-28/h9-10,18,20,27H,3-8,11-17,19H2,1-2H3/t20-,26-/m1/s1. The van der Waals surface area contributed by atoms with Gasteiger partial charge in [-0.15, -0.1) is 0 Å². The summed E-state index contributed by atoms with van der Waals surface area (Å²) < 4.78 is 58.3. The van der Waals surface area contributed by atoms with Crippen LogP contribution in [0.1, 0.15) is 71.6 Å². The lowest BCUT2D eigenvalue weighted by molar-refractivity contribution is -0.128. The second-order valence-electron chi connectivity index (χ2n) is 11.7. The Balaban J connectivity index is 1.49. The summed E-state index contributed by atoms with van der Waals surface area (Å²) >= 11 is 0. The Kier molecular flexibility index (Phi) is 6.69. The molecular weight excluding hydrogens is 498 g/mol. The maximum Gasteiger partial charge on any atom is 0.243 e. The van der Waals surface area contributed by atoms with E-state index in [1.54, 1.807) is 12.1 Å². The number of anilines is 2. The van der Waals surface area contributed by atoms with Crippen LogP contribution in [0.4, 0.5) is 11.4 Å². The van der Waals surface area contributed by atoms with E-state index < -0.39 is 25.5 Å². The van der Waals surface area contributed by atoms with Crippen LogP contribution >= 0.6 is 0 Å². The third kappa shape index (κ3) is 4.36. The second-order valence-corrected chi connectivity index (χ2v) is 15.4. The van der Waals surface area contributed by atoms with Gasteiger partial charge in [-0.3, -0.25) is 9.52 Å². The zero-order valence-electron chi connectivity index (χ0n) is 21.5. The Morgan fingerprint density at radius 1 is 0.944 bits per heavy atom. The average Bonchev–Trinajstić information content (AvgIpc) is 3.19. The molecule has 5 rings (SSSR count). The molecule has 200 valence electrons. The van der Waals surface area contributed by atoms with Crippen LogP contribution in [0.3, 0.4) is 0 Å². The van der Waals surface area contributed by atoms with Crippen LogP contribution < -0.4 is 9.62 Å². The summed E-state index contributed by atoms with van der Waals surface area (Å²) in [6, 6.07) is 4.84. The molecule has 0 amide bonds. The number of sulfonamides is 2. The van der Waals surface area contributed by atoms with E-state index in [0.717, 1.165) is 58.0 Å². The number of hydrogen-bond donors (Lipinski definition) is 1. The molecule has 1 aromatic rings. The lowest BCUT2D eigenvalue weighted by Gasteiger charge is -2.36. The van der Waals surface area contributed by atoms with Crippen LogP contribution in [0.5, 0.6) is 0 Å². The van der Waals surface area contributed by atoms with E-state index in [-0.39, 0.29) is 27.8 Å². The van der Waals surface area contributed by atoms with E-state index in [0.29, 0.717) is 37.3 Å². The molecule has 1 aromatic carbocycles. The number of ketones is 1. The minimum Gasteiger partial charge on any atom is -0.370 e. The number of Topliss-reactive ketones (excluding diaryl/α,β-unsaturated/α-hetero) is 1. The molecular formula is C26H39N3O5S2. The van der Waals surface area contributed by atoms with Gasteiger partial charge in [0.15, 0.2) is 0 Å². The number of nitrogens with one attached hydrogen (secondary N) is 1. The largest absolute Gasteiger partial charge is 0.370 e. The lowest BCUT2D eigenvalue weighted by atomic mass is 9.70. The summed E-state index contributed by atoms with van der Waals surface area (Å²) in [4.78, 5) is 15.2. The monoisotopic (exact) mass is 537 g/mol. The zero-order valence-corrected chi connectivity index (χ0v) is 23.1. The fourth-order valence-corrected chi connectivity index (χ4v) is 10.5. The van der Waals surface area contributed by atoms with Gasteiger partial charge < -0.3 is 4.90 Å². The predicted octanol–water partition coefficient (Wildman–Crippen LogP) is 3.99. The Bertz CT molecular complexity index is 1230. The van der Waals surface area contributed by atoms with Crippen molar-refractivity contribution in [1.29, 1.82) is 0 Å².